The molecule has 0 radical (unpaired) electrons. The highest BCUT2D eigenvalue weighted by molar-refractivity contribution is 5.90. The van der Waals surface area contributed by atoms with Gasteiger partial charge in [0, 0.05) is 18.5 Å². The van der Waals surface area contributed by atoms with E-state index in [1.807, 2.05) is 30.3 Å². The van der Waals surface area contributed by atoms with Crippen LogP contribution in [0.15, 0.2) is 54.6 Å². The normalized spacial score (nSPS) is 11.1. The van der Waals surface area contributed by atoms with Crippen molar-refractivity contribution in [2.75, 3.05) is 5.32 Å². The van der Waals surface area contributed by atoms with Crippen molar-refractivity contribution in [1.29, 1.82) is 0 Å². The maximum absolute atomic E-state index is 12.1. The molecule has 0 aliphatic carbocycles. The molecule has 0 spiro atoms. The molecular formula is C22H24F3NO3. The number of hydrogen-bond acceptors (Lipinski definition) is 3. The minimum atomic E-state index is -4.75. The largest absolute Gasteiger partial charge is 0.489 e. The number of rotatable bonds is 11. The van der Waals surface area contributed by atoms with Gasteiger partial charge in [0.2, 0.25) is 11.7 Å². The van der Waals surface area contributed by atoms with Crippen molar-refractivity contribution in [3.05, 3.63) is 60.2 Å². The number of Topliss-reactive ketones (excluding diaryl/α,β-unsaturated/α-hetero) is 1. The van der Waals surface area contributed by atoms with E-state index in [0.29, 0.717) is 37.3 Å². The highest BCUT2D eigenvalue weighted by Gasteiger charge is 2.36. The van der Waals surface area contributed by atoms with Crippen LogP contribution in [0, 0.1) is 0 Å². The van der Waals surface area contributed by atoms with Crippen LogP contribution in [-0.2, 0) is 16.2 Å². The van der Waals surface area contributed by atoms with Crippen LogP contribution in [0.1, 0.15) is 44.1 Å². The summed E-state index contributed by atoms with van der Waals surface area (Å²) in [5, 5.41) is 2.77. The second-order valence-electron chi connectivity index (χ2n) is 6.68. The van der Waals surface area contributed by atoms with Gasteiger partial charge in [-0.2, -0.15) is 13.2 Å². The molecule has 0 heterocycles. The van der Waals surface area contributed by atoms with Gasteiger partial charge < -0.3 is 10.1 Å². The van der Waals surface area contributed by atoms with Crippen LogP contribution in [0.4, 0.5) is 18.9 Å². The van der Waals surface area contributed by atoms with E-state index >= 15 is 0 Å². The van der Waals surface area contributed by atoms with Gasteiger partial charge in [-0.25, -0.2) is 0 Å². The molecule has 0 atom stereocenters. The molecule has 29 heavy (non-hydrogen) atoms. The van der Waals surface area contributed by atoms with Crippen molar-refractivity contribution in [2.24, 2.45) is 0 Å². The Balaban J connectivity index is 1.60. The van der Waals surface area contributed by atoms with Gasteiger partial charge in [0.1, 0.15) is 12.4 Å². The molecule has 1 amide bonds. The van der Waals surface area contributed by atoms with Crippen LogP contribution in [0.5, 0.6) is 5.75 Å². The van der Waals surface area contributed by atoms with E-state index in [2.05, 4.69) is 5.32 Å². The van der Waals surface area contributed by atoms with Gasteiger partial charge in [-0.3, -0.25) is 9.59 Å². The summed E-state index contributed by atoms with van der Waals surface area (Å²) < 4.78 is 41.9. The van der Waals surface area contributed by atoms with Crippen LogP contribution in [-0.4, -0.2) is 17.9 Å². The first-order valence-electron chi connectivity index (χ1n) is 9.51. The number of carbonyl (C=O) groups is 2. The Hall–Kier alpha value is -2.83. The van der Waals surface area contributed by atoms with Crippen molar-refractivity contribution in [1.82, 2.24) is 0 Å². The summed E-state index contributed by atoms with van der Waals surface area (Å²) in [6, 6.07) is 16.8. The van der Waals surface area contributed by atoms with Gasteiger partial charge in [-0.05, 0) is 42.7 Å². The first kappa shape index (κ1) is 22.5. The van der Waals surface area contributed by atoms with E-state index in [1.54, 1.807) is 24.3 Å². The van der Waals surface area contributed by atoms with Crippen molar-refractivity contribution in [3.8, 4) is 5.75 Å². The first-order chi connectivity index (χ1) is 13.8. The molecule has 0 aliphatic heterocycles. The molecule has 0 bridgehead atoms. The van der Waals surface area contributed by atoms with E-state index in [-0.39, 0.29) is 18.7 Å². The number of amides is 1. The zero-order valence-electron chi connectivity index (χ0n) is 16.0. The summed E-state index contributed by atoms with van der Waals surface area (Å²) in [5.74, 6) is -1.15. The number of carbonyl (C=O) groups excluding carboxylic acids is 2. The van der Waals surface area contributed by atoms with E-state index < -0.39 is 18.4 Å². The quantitative estimate of drug-likeness (QED) is 0.488. The molecule has 156 valence electrons. The van der Waals surface area contributed by atoms with Crippen molar-refractivity contribution >= 4 is 17.4 Å². The molecule has 2 aromatic rings. The summed E-state index contributed by atoms with van der Waals surface area (Å²) in [7, 11) is 0. The minimum absolute atomic E-state index is 0.158. The average molecular weight is 407 g/mol. The van der Waals surface area contributed by atoms with Crippen LogP contribution in [0.2, 0.25) is 0 Å². The molecule has 0 saturated carbocycles. The van der Waals surface area contributed by atoms with Crippen LogP contribution in [0.3, 0.4) is 0 Å². The van der Waals surface area contributed by atoms with Crippen LogP contribution < -0.4 is 10.1 Å². The highest BCUT2D eigenvalue weighted by atomic mass is 19.4. The van der Waals surface area contributed by atoms with Gasteiger partial charge in [0.05, 0.1) is 0 Å². The maximum atomic E-state index is 12.1. The predicted octanol–water partition coefficient (Wildman–Crippen LogP) is 5.68. The second-order valence-corrected chi connectivity index (χ2v) is 6.68. The van der Waals surface area contributed by atoms with Crippen molar-refractivity contribution in [3.63, 3.8) is 0 Å². The smallest absolute Gasteiger partial charge is 0.449 e. The highest BCUT2D eigenvalue weighted by Crippen LogP contribution is 2.20. The molecule has 0 saturated heterocycles. The Bertz CT molecular complexity index is 774. The molecule has 0 fully saturated rings. The molecule has 0 unspecified atom stereocenters. The molecule has 2 rings (SSSR count). The Morgan fingerprint density at radius 2 is 1.45 bits per heavy atom. The fourth-order valence-electron chi connectivity index (χ4n) is 2.67. The van der Waals surface area contributed by atoms with Crippen molar-refractivity contribution < 1.29 is 27.5 Å². The van der Waals surface area contributed by atoms with Gasteiger partial charge in [0.25, 0.3) is 0 Å². The SMILES string of the molecule is O=C(CCCCCCC(=O)C(F)(F)F)Nc1ccc(OCc2ccccc2)cc1. The number of anilines is 1. The second kappa shape index (κ2) is 11.2. The molecular weight excluding hydrogens is 383 g/mol. The van der Waals surface area contributed by atoms with Crippen molar-refractivity contribution in [2.45, 2.75) is 51.3 Å². The number of alkyl halides is 3. The molecule has 0 aliphatic rings. The van der Waals surface area contributed by atoms with Crippen LogP contribution >= 0.6 is 0 Å². The monoisotopic (exact) mass is 407 g/mol. The topological polar surface area (TPSA) is 55.4 Å². The maximum Gasteiger partial charge on any atom is 0.449 e. The predicted molar refractivity (Wildman–Crippen MR) is 105 cm³/mol. The summed E-state index contributed by atoms with van der Waals surface area (Å²) >= 11 is 0. The van der Waals surface area contributed by atoms with Crippen LogP contribution in [0.25, 0.3) is 0 Å². The van der Waals surface area contributed by atoms with E-state index in [0.717, 1.165) is 5.56 Å². The number of nitrogens with one attached hydrogen (secondary N) is 1. The third-order valence-electron chi connectivity index (χ3n) is 4.26. The minimum Gasteiger partial charge on any atom is -0.489 e. The third kappa shape index (κ3) is 8.81. The van der Waals surface area contributed by atoms with Gasteiger partial charge in [0.15, 0.2) is 0 Å². The molecule has 7 heteroatoms. The first-order valence-corrected chi connectivity index (χ1v) is 9.51. The standard InChI is InChI=1S/C22H24F3NO3/c23-22(24,25)20(27)10-6-1-2-7-11-21(28)26-18-12-14-19(15-13-18)29-16-17-8-4-3-5-9-17/h3-5,8-9,12-15H,1-2,6-7,10-11,16H2,(H,26,28). The Morgan fingerprint density at radius 3 is 2.07 bits per heavy atom. The van der Waals surface area contributed by atoms with Gasteiger partial charge >= 0.3 is 6.18 Å². The van der Waals surface area contributed by atoms with E-state index in [1.165, 1.54) is 0 Å². The Kier molecular flexibility index (Phi) is 8.70. The Labute approximate surface area is 168 Å². The lowest BCUT2D eigenvalue weighted by atomic mass is 10.1. The molecule has 4 nitrogen and oxygen atoms in total. The van der Waals surface area contributed by atoms with Gasteiger partial charge in [-0.1, -0.05) is 43.2 Å². The Morgan fingerprint density at radius 1 is 0.828 bits per heavy atom. The summed E-state index contributed by atoms with van der Waals surface area (Å²) in [4.78, 5) is 22.7. The summed E-state index contributed by atoms with van der Waals surface area (Å²) in [6.07, 6.45) is -3.13. The fourth-order valence-corrected chi connectivity index (χ4v) is 2.67. The number of benzene rings is 2. The zero-order chi connectivity index (χ0) is 21.1. The summed E-state index contributed by atoms with van der Waals surface area (Å²) in [5.41, 5.74) is 1.71. The fraction of sp³-hybridized carbons (Fsp3) is 0.364. The number of hydrogen-bond donors (Lipinski definition) is 1. The zero-order valence-corrected chi connectivity index (χ0v) is 16.0. The average Bonchev–Trinajstić information content (AvgIpc) is 2.70. The number of ketones is 1. The molecule has 1 N–H and O–H groups in total. The van der Waals surface area contributed by atoms with E-state index in [4.69, 9.17) is 4.74 Å². The third-order valence-corrected chi connectivity index (χ3v) is 4.26. The number of ether oxygens (including phenoxy) is 1. The lowest BCUT2D eigenvalue weighted by Gasteiger charge is -2.09. The lowest BCUT2D eigenvalue weighted by Crippen LogP contribution is -2.22. The van der Waals surface area contributed by atoms with E-state index in [9.17, 15) is 22.8 Å². The lowest BCUT2D eigenvalue weighted by molar-refractivity contribution is -0.171. The molecule has 0 aromatic heterocycles. The number of halogens is 3. The van der Waals surface area contributed by atoms with Gasteiger partial charge in [-0.15, -0.1) is 0 Å². The molecule has 2 aromatic carbocycles. The summed E-state index contributed by atoms with van der Waals surface area (Å²) in [6.45, 7) is 0.459. The number of unbranched alkanes of at least 4 members (excludes halogenated alkanes) is 3.